The molecule has 3 aromatic rings. The standard InChI is InChI=1S/C17H14FNO2/c1-21-13-5-2-4-12(10-13)17(20)11-19-9-8-14-15(18)6-3-7-16(14)19/h2-10H,11H2,1H3. The lowest BCUT2D eigenvalue weighted by Crippen LogP contribution is -2.09. The Labute approximate surface area is 121 Å². The number of benzene rings is 2. The van der Waals surface area contributed by atoms with Crippen LogP contribution < -0.4 is 4.74 Å². The fourth-order valence-corrected chi connectivity index (χ4v) is 2.37. The summed E-state index contributed by atoms with van der Waals surface area (Å²) in [5, 5.41) is 0.524. The summed E-state index contributed by atoms with van der Waals surface area (Å²) in [6, 6.07) is 13.6. The minimum atomic E-state index is -0.278. The zero-order valence-corrected chi connectivity index (χ0v) is 11.5. The highest BCUT2D eigenvalue weighted by atomic mass is 19.1. The van der Waals surface area contributed by atoms with Crippen LogP contribution in [0.3, 0.4) is 0 Å². The molecule has 0 spiro atoms. The van der Waals surface area contributed by atoms with E-state index in [2.05, 4.69) is 0 Å². The Balaban J connectivity index is 1.91. The first-order chi connectivity index (χ1) is 10.2. The molecule has 0 bridgehead atoms. The topological polar surface area (TPSA) is 31.2 Å². The van der Waals surface area contributed by atoms with E-state index >= 15 is 0 Å². The van der Waals surface area contributed by atoms with E-state index in [1.807, 2.05) is 0 Å². The van der Waals surface area contributed by atoms with Crippen LogP contribution in [0, 0.1) is 5.82 Å². The van der Waals surface area contributed by atoms with Crippen LogP contribution >= 0.6 is 0 Å². The van der Waals surface area contributed by atoms with Crippen LogP contribution in [0.25, 0.3) is 10.9 Å². The van der Waals surface area contributed by atoms with Crippen molar-refractivity contribution in [3.8, 4) is 5.75 Å². The zero-order chi connectivity index (χ0) is 14.8. The summed E-state index contributed by atoms with van der Waals surface area (Å²) in [6.45, 7) is 0.167. The number of carbonyl (C=O) groups is 1. The number of halogens is 1. The van der Waals surface area contributed by atoms with Gasteiger partial charge in [-0.15, -0.1) is 0 Å². The monoisotopic (exact) mass is 283 g/mol. The molecule has 0 aliphatic carbocycles. The van der Waals surface area contributed by atoms with Crippen LogP contribution in [0.4, 0.5) is 4.39 Å². The van der Waals surface area contributed by atoms with Gasteiger partial charge in [0.25, 0.3) is 0 Å². The van der Waals surface area contributed by atoms with Crippen LogP contribution in [-0.2, 0) is 6.54 Å². The maximum absolute atomic E-state index is 13.6. The van der Waals surface area contributed by atoms with Gasteiger partial charge in [-0.3, -0.25) is 4.79 Å². The van der Waals surface area contributed by atoms with Gasteiger partial charge in [0.05, 0.1) is 19.2 Å². The van der Waals surface area contributed by atoms with E-state index in [9.17, 15) is 9.18 Å². The molecule has 2 aromatic carbocycles. The fourth-order valence-electron chi connectivity index (χ4n) is 2.37. The number of nitrogens with zero attached hydrogens (tertiary/aromatic N) is 1. The first kappa shape index (κ1) is 13.4. The quantitative estimate of drug-likeness (QED) is 0.684. The molecule has 0 radical (unpaired) electrons. The molecule has 4 heteroatoms. The lowest BCUT2D eigenvalue weighted by Gasteiger charge is -2.06. The van der Waals surface area contributed by atoms with Crippen LogP contribution in [-0.4, -0.2) is 17.5 Å². The van der Waals surface area contributed by atoms with Crippen molar-refractivity contribution in [2.45, 2.75) is 6.54 Å². The van der Waals surface area contributed by atoms with Crippen LogP contribution in [0.5, 0.6) is 5.75 Å². The summed E-state index contributed by atoms with van der Waals surface area (Å²) in [6.07, 6.45) is 1.73. The summed E-state index contributed by atoms with van der Waals surface area (Å²) in [4.78, 5) is 12.3. The van der Waals surface area contributed by atoms with Gasteiger partial charge in [0.2, 0.25) is 0 Å². The number of carbonyl (C=O) groups excluding carboxylic acids is 1. The van der Waals surface area contributed by atoms with Crippen molar-refractivity contribution >= 4 is 16.7 Å². The van der Waals surface area contributed by atoms with Gasteiger partial charge in [-0.2, -0.15) is 0 Å². The SMILES string of the molecule is COc1cccc(C(=O)Cn2ccc3c(F)cccc32)c1. The molecule has 106 valence electrons. The molecule has 0 saturated carbocycles. The molecular formula is C17H14FNO2. The Kier molecular flexibility index (Phi) is 3.44. The van der Waals surface area contributed by atoms with E-state index < -0.39 is 0 Å². The molecule has 0 saturated heterocycles. The highest BCUT2D eigenvalue weighted by Gasteiger charge is 2.11. The lowest BCUT2D eigenvalue weighted by molar-refractivity contribution is 0.0973. The number of Topliss-reactive ketones (excluding diaryl/α,β-unsaturated/α-hetero) is 1. The lowest BCUT2D eigenvalue weighted by atomic mass is 10.1. The summed E-state index contributed by atoms with van der Waals surface area (Å²) in [5.74, 6) is 0.319. The van der Waals surface area contributed by atoms with E-state index in [4.69, 9.17) is 4.74 Å². The van der Waals surface area contributed by atoms with Crippen molar-refractivity contribution in [2.75, 3.05) is 7.11 Å². The molecule has 0 aliphatic rings. The molecule has 0 amide bonds. The molecule has 3 rings (SSSR count). The maximum Gasteiger partial charge on any atom is 0.182 e. The van der Waals surface area contributed by atoms with Gasteiger partial charge in [0.1, 0.15) is 11.6 Å². The highest BCUT2D eigenvalue weighted by Crippen LogP contribution is 2.20. The molecule has 0 fully saturated rings. The first-order valence-corrected chi connectivity index (χ1v) is 6.59. The molecule has 0 aliphatic heterocycles. The number of fused-ring (bicyclic) bond motifs is 1. The molecular weight excluding hydrogens is 269 g/mol. The predicted molar refractivity (Wildman–Crippen MR) is 79.2 cm³/mol. The van der Waals surface area contributed by atoms with Crippen molar-refractivity contribution in [1.29, 1.82) is 0 Å². The Morgan fingerprint density at radius 1 is 1.19 bits per heavy atom. The van der Waals surface area contributed by atoms with Gasteiger partial charge < -0.3 is 9.30 Å². The molecule has 3 nitrogen and oxygen atoms in total. The summed E-state index contributed by atoms with van der Waals surface area (Å²) in [5.41, 5.74) is 1.29. The normalized spacial score (nSPS) is 10.8. The second kappa shape index (κ2) is 5.40. The van der Waals surface area contributed by atoms with Crippen molar-refractivity contribution in [2.24, 2.45) is 0 Å². The van der Waals surface area contributed by atoms with E-state index in [0.29, 0.717) is 22.2 Å². The Morgan fingerprint density at radius 2 is 2.00 bits per heavy atom. The number of aromatic nitrogens is 1. The smallest absolute Gasteiger partial charge is 0.182 e. The fraction of sp³-hybridized carbons (Fsp3) is 0.118. The average molecular weight is 283 g/mol. The Morgan fingerprint density at radius 3 is 2.81 bits per heavy atom. The number of hydrogen-bond acceptors (Lipinski definition) is 2. The second-order valence-electron chi connectivity index (χ2n) is 4.77. The average Bonchev–Trinajstić information content (AvgIpc) is 2.92. The number of methoxy groups -OCH3 is 1. The largest absolute Gasteiger partial charge is 0.497 e. The number of rotatable bonds is 4. The molecule has 21 heavy (non-hydrogen) atoms. The van der Waals surface area contributed by atoms with Gasteiger partial charge in [-0.1, -0.05) is 18.2 Å². The van der Waals surface area contributed by atoms with E-state index in [1.165, 1.54) is 6.07 Å². The molecule has 1 heterocycles. The number of hydrogen-bond donors (Lipinski definition) is 0. The third-order valence-electron chi connectivity index (χ3n) is 3.47. The third-order valence-corrected chi connectivity index (χ3v) is 3.47. The van der Waals surface area contributed by atoms with Gasteiger partial charge in [-0.25, -0.2) is 4.39 Å². The molecule has 0 N–H and O–H groups in total. The summed E-state index contributed by atoms with van der Waals surface area (Å²) in [7, 11) is 1.56. The van der Waals surface area contributed by atoms with E-state index in [-0.39, 0.29) is 18.1 Å². The highest BCUT2D eigenvalue weighted by molar-refractivity contribution is 5.97. The number of ether oxygens (including phenoxy) is 1. The van der Waals surface area contributed by atoms with Gasteiger partial charge in [0, 0.05) is 17.1 Å². The molecule has 0 unspecified atom stereocenters. The van der Waals surface area contributed by atoms with Crippen molar-refractivity contribution < 1.29 is 13.9 Å². The third kappa shape index (κ3) is 2.52. The number of ketones is 1. The molecule has 0 atom stereocenters. The van der Waals surface area contributed by atoms with Crippen LogP contribution in [0.15, 0.2) is 54.7 Å². The zero-order valence-electron chi connectivity index (χ0n) is 11.5. The van der Waals surface area contributed by atoms with Crippen LogP contribution in [0.1, 0.15) is 10.4 Å². The minimum Gasteiger partial charge on any atom is -0.497 e. The van der Waals surface area contributed by atoms with Gasteiger partial charge in [0.15, 0.2) is 5.78 Å². The van der Waals surface area contributed by atoms with Crippen LogP contribution in [0.2, 0.25) is 0 Å². The van der Waals surface area contributed by atoms with E-state index in [0.717, 1.165) is 0 Å². The van der Waals surface area contributed by atoms with Crippen molar-refractivity contribution in [1.82, 2.24) is 4.57 Å². The van der Waals surface area contributed by atoms with Gasteiger partial charge >= 0.3 is 0 Å². The first-order valence-electron chi connectivity index (χ1n) is 6.59. The Bertz CT molecular complexity index is 807. The van der Waals surface area contributed by atoms with Crippen molar-refractivity contribution in [3.63, 3.8) is 0 Å². The molecule has 1 aromatic heterocycles. The van der Waals surface area contributed by atoms with Gasteiger partial charge in [-0.05, 0) is 30.3 Å². The Hall–Kier alpha value is -2.62. The predicted octanol–water partition coefficient (Wildman–Crippen LogP) is 3.67. The summed E-state index contributed by atoms with van der Waals surface area (Å²) < 4.78 is 20.5. The summed E-state index contributed by atoms with van der Waals surface area (Å²) >= 11 is 0. The minimum absolute atomic E-state index is 0.0457. The van der Waals surface area contributed by atoms with E-state index in [1.54, 1.807) is 60.3 Å². The maximum atomic E-state index is 13.6. The van der Waals surface area contributed by atoms with Crippen molar-refractivity contribution in [3.05, 3.63) is 66.1 Å². The second-order valence-corrected chi connectivity index (χ2v) is 4.77.